The highest BCUT2D eigenvalue weighted by Gasteiger charge is 2.39. The zero-order valence-electron chi connectivity index (χ0n) is 18.4. The van der Waals surface area contributed by atoms with Crippen molar-refractivity contribution in [3.05, 3.63) is 59.7 Å². The van der Waals surface area contributed by atoms with E-state index in [1.165, 1.54) is 0 Å². The summed E-state index contributed by atoms with van der Waals surface area (Å²) in [5, 5.41) is 0.168. The van der Waals surface area contributed by atoms with Gasteiger partial charge in [-0.2, -0.15) is 0 Å². The van der Waals surface area contributed by atoms with E-state index in [4.69, 9.17) is 4.43 Å². The number of hydrogen-bond donors (Lipinski definition) is 0. The summed E-state index contributed by atoms with van der Waals surface area (Å²) >= 11 is 0. The molecule has 0 bridgehead atoms. The van der Waals surface area contributed by atoms with Crippen LogP contribution >= 0.6 is 0 Å². The highest BCUT2D eigenvalue weighted by atomic mass is 32.2. The van der Waals surface area contributed by atoms with Gasteiger partial charge in [-0.1, -0.05) is 56.7 Å². The number of fused-ring (bicyclic) bond motifs is 1. The molecule has 158 valence electrons. The minimum absolute atomic E-state index is 0.149. The van der Waals surface area contributed by atoms with Gasteiger partial charge in [0.15, 0.2) is 8.32 Å². The first kappa shape index (κ1) is 22.1. The Kier molecular flexibility index (Phi) is 6.00. The number of benzene rings is 2. The fraction of sp³-hybridized carbons (Fsp3) is 0.478. The van der Waals surface area contributed by atoms with Crippen LogP contribution in [0.15, 0.2) is 53.4 Å². The lowest BCUT2D eigenvalue weighted by molar-refractivity contribution is 0.273. The summed E-state index contributed by atoms with van der Waals surface area (Å²) in [5.74, 6) is 0.149. The van der Waals surface area contributed by atoms with Gasteiger partial charge in [-0.15, -0.1) is 0 Å². The zero-order valence-corrected chi connectivity index (χ0v) is 20.2. The van der Waals surface area contributed by atoms with E-state index in [1.54, 1.807) is 16.4 Å². The maximum Gasteiger partial charge on any atom is 0.264 e. The van der Waals surface area contributed by atoms with Crippen LogP contribution in [0.3, 0.4) is 0 Å². The number of hydrogen-bond acceptors (Lipinski definition) is 3. The molecule has 29 heavy (non-hydrogen) atoms. The van der Waals surface area contributed by atoms with Gasteiger partial charge in [0.1, 0.15) is 0 Å². The summed E-state index contributed by atoms with van der Waals surface area (Å²) in [7, 11) is -5.39. The van der Waals surface area contributed by atoms with Crippen molar-refractivity contribution < 1.29 is 12.8 Å². The molecule has 2 aromatic carbocycles. The van der Waals surface area contributed by atoms with Gasteiger partial charge in [-0.3, -0.25) is 4.31 Å². The number of aryl methyl sites for hydroxylation is 1. The summed E-state index contributed by atoms with van der Waals surface area (Å²) in [6, 6.07) is 14.9. The Morgan fingerprint density at radius 1 is 1.07 bits per heavy atom. The standard InChI is InChI=1S/C23H33NO3SSi/c1-18-11-13-20(14-12-18)28(25,26)24-17-19(21-9-7-8-10-22(21)24)15-16-27-29(5,6)23(2,3)4/h7-14,19H,15-17H2,1-6H3/t19-/m1/s1. The normalized spacial score (nSPS) is 17.4. The second kappa shape index (κ2) is 7.89. The van der Waals surface area contributed by atoms with Gasteiger partial charge in [0.05, 0.1) is 10.6 Å². The van der Waals surface area contributed by atoms with Gasteiger partial charge in [0.2, 0.25) is 0 Å². The van der Waals surface area contributed by atoms with Crippen molar-refractivity contribution in [2.75, 3.05) is 17.5 Å². The predicted molar refractivity (Wildman–Crippen MR) is 123 cm³/mol. The summed E-state index contributed by atoms with van der Waals surface area (Å²) in [6.45, 7) is 14.3. The largest absolute Gasteiger partial charge is 0.417 e. The van der Waals surface area contributed by atoms with E-state index in [0.29, 0.717) is 18.0 Å². The van der Waals surface area contributed by atoms with E-state index in [-0.39, 0.29) is 11.0 Å². The number of nitrogens with zero attached hydrogens (tertiary/aromatic N) is 1. The lowest BCUT2D eigenvalue weighted by Gasteiger charge is -2.36. The molecule has 0 saturated heterocycles. The SMILES string of the molecule is Cc1ccc(S(=O)(=O)N2C[C@@H](CCO[Si](C)(C)C(C)(C)C)c3ccccc32)cc1. The first-order valence-electron chi connectivity index (χ1n) is 10.3. The smallest absolute Gasteiger partial charge is 0.264 e. The molecule has 6 heteroatoms. The Labute approximate surface area is 177 Å². The second-order valence-corrected chi connectivity index (χ2v) is 16.2. The van der Waals surface area contributed by atoms with E-state index in [2.05, 4.69) is 39.9 Å². The molecule has 1 aliphatic heterocycles. The van der Waals surface area contributed by atoms with E-state index in [1.807, 2.05) is 37.3 Å². The first-order chi connectivity index (χ1) is 13.4. The molecule has 2 aromatic rings. The predicted octanol–water partition coefficient (Wildman–Crippen LogP) is 5.70. The van der Waals surface area contributed by atoms with Crippen molar-refractivity contribution in [2.45, 2.75) is 63.1 Å². The molecule has 0 unspecified atom stereocenters. The Morgan fingerprint density at radius 3 is 2.31 bits per heavy atom. The molecule has 0 aromatic heterocycles. The molecular weight excluding hydrogens is 398 g/mol. The third-order valence-corrected chi connectivity index (χ3v) is 12.7. The molecule has 3 rings (SSSR count). The van der Waals surface area contributed by atoms with E-state index < -0.39 is 18.3 Å². The van der Waals surface area contributed by atoms with E-state index >= 15 is 0 Å². The molecule has 1 heterocycles. The lowest BCUT2D eigenvalue weighted by Crippen LogP contribution is -2.41. The second-order valence-electron chi connectivity index (χ2n) is 9.50. The summed E-state index contributed by atoms with van der Waals surface area (Å²) in [6.07, 6.45) is 0.823. The lowest BCUT2D eigenvalue weighted by atomic mass is 9.99. The van der Waals surface area contributed by atoms with Gasteiger partial charge >= 0.3 is 0 Å². The molecule has 0 amide bonds. The topological polar surface area (TPSA) is 46.6 Å². The molecule has 0 spiro atoms. The molecule has 0 fully saturated rings. The minimum Gasteiger partial charge on any atom is -0.417 e. The molecular formula is C23H33NO3SSi. The summed E-state index contributed by atoms with van der Waals surface area (Å²) in [5.41, 5.74) is 2.94. The fourth-order valence-electron chi connectivity index (χ4n) is 3.44. The Morgan fingerprint density at radius 2 is 1.69 bits per heavy atom. The molecule has 0 radical (unpaired) electrons. The quantitative estimate of drug-likeness (QED) is 0.551. The minimum atomic E-state index is -3.58. The molecule has 0 saturated carbocycles. The van der Waals surface area contributed by atoms with Gasteiger partial charge in [0.25, 0.3) is 10.0 Å². The van der Waals surface area contributed by atoms with Crippen LogP contribution in [0.1, 0.15) is 44.2 Å². The molecule has 0 aliphatic carbocycles. The first-order valence-corrected chi connectivity index (χ1v) is 14.6. The van der Waals surface area contributed by atoms with Crippen LogP contribution in [-0.4, -0.2) is 29.9 Å². The molecule has 4 nitrogen and oxygen atoms in total. The molecule has 0 N–H and O–H groups in total. The van der Waals surface area contributed by atoms with Gasteiger partial charge < -0.3 is 4.43 Å². The third kappa shape index (κ3) is 4.44. The van der Waals surface area contributed by atoms with E-state index in [0.717, 1.165) is 23.2 Å². The van der Waals surface area contributed by atoms with Crippen molar-refractivity contribution in [3.63, 3.8) is 0 Å². The maximum atomic E-state index is 13.3. The summed E-state index contributed by atoms with van der Waals surface area (Å²) in [4.78, 5) is 0.344. The fourth-order valence-corrected chi connectivity index (χ4v) is 6.04. The Hall–Kier alpha value is -1.63. The van der Waals surface area contributed by atoms with Crippen LogP contribution in [0.4, 0.5) is 5.69 Å². The maximum absolute atomic E-state index is 13.3. The van der Waals surface area contributed by atoms with Gasteiger partial charge in [-0.25, -0.2) is 8.42 Å². The average molecular weight is 432 g/mol. The number of sulfonamides is 1. The monoisotopic (exact) mass is 431 g/mol. The van der Waals surface area contributed by atoms with Crippen LogP contribution < -0.4 is 4.31 Å². The van der Waals surface area contributed by atoms with Crippen LogP contribution in [-0.2, 0) is 14.4 Å². The molecule has 1 aliphatic rings. The van der Waals surface area contributed by atoms with Crippen LogP contribution in [0.5, 0.6) is 0 Å². The molecule has 1 atom stereocenters. The Bertz CT molecular complexity index is 962. The Balaban J connectivity index is 1.81. The van der Waals surface area contributed by atoms with Crippen molar-refractivity contribution >= 4 is 24.0 Å². The van der Waals surface area contributed by atoms with Gasteiger partial charge in [0, 0.05) is 19.1 Å². The number of rotatable bonds is 6. The van der Waals surface area contributed by atoms with Crippen LogP contribution in [0.25, 0.3) is 0 Å². The average Bonchev–Trinajstić information content (AvgIpc) is 3.01. The van der Waals surface area contributed by atoms with Crippen LogP contribution in [0, 0.1) is 6.92 Å². The zero-order chi connectivity index (χ0) is 21.4. The van der Waals surface area contributed by atoms with Crippen molar-refractivity contribution in [2.24, 2.45) is 0 Å². The highest BCUT2D eigenvalue weighted by Crippen LogP contribution is 2.42. The van der Waals surface area contributed by atoms with Crippen molar-refractivity contribution in [1.82, 2.24) is 0 Å². The number of anilines is 1. The van der Waals surface area contributed by atoms with Crippen molar-refractivity contribution in [3.8, 4) is 0 Å². The van der Waals surface area contributed by atoms with Crippen LogP contribution in [0.2, 0.25) is 18.1 Å². The van der Waals surface area contributed by atoms with Crippen molar-refractivity contribution in [1.29, 1.82) is 0 Å². The number of para-hydroxylation sites is 1. The van der Waals surface area contributed by atoms with E-state index in [9.17, 15) is 8.42 Å². The third-order valence-electron chi connectivity index (χ3n) is 6.38. The van der Waals surface area contributed by atoms with Gasteiger partial charge in [-0.05, 0) is 55.2 Å². The highest BCUT2D eigenvalue weighted by molar-refractivity contribution is 7.92. The summed E-state index contributed by atoms with van der Waals surface area (Å²) < 4.78 is 34.6.